The molecule has 1 saturated heterocycles. The molecule has 0 aliphatic carbocycles. The van der Waals surface area contributed by atoms with Gasteiger partial charge in [0.15, 0.2) is 0 Å². The van der Waals surface area contributed by atoms with Crippen LogP contribution < -0.4 is 5.73 Å². The Morgan fingerprint density at radius 2 is 2.25 bits per heavy atom. The van der Waals surface area contributed by atoms with Gasteiger partial charge in [-0.2, -0.15) is 0 Å². The number of ether oxygens (including phenoxy) is 1. The summed E-state index contributed by atoms with van der Waals surface area (Å²) in [6, 6.07) is 0.294. The summed E-state index contributed by atoms with van der Waals surface area (Å²) in [5.41, 5.74) is 6.02. The quantitative estimate of drug-likeness (QED) is 0.729. The minimum absolute atomic E-state index is 0.0264. The third-order valence-electron chi connectivity index (χ3n) is 3.12. The van der Waals surface area contributed by atoms with Crippen molar-refractivity contribution in [3.8, 4) is 0 Å². The Morgan fingerprint density at radius 1 is 1.56 bits per heavy atom. The summed E-state index contributed by atoms with van der Waals surface area (Å²) in [6.07, 6.45) is 2.03. The van der Waals surface area contributed by atoms with Gasteiger partial charge in [0.05, 0.1) is 12.6 Å². The van der Waals surface area contributed by atoms with Crippen LogP contribution in [0, 0.1) is 5.92 Å². The van der Waals surface area contributed by atoms with E-state index in [1.165, 1.54) is 0 Å². The highest BCUT2D eigenvalue weighted by atomic mass is 16.5. The first-order valence-electron chi connectivity index (χ1n) is 6.20. The Balaban J connectivity index is 2.35. The molecule has 0 aromatic rings. The van der Waals surface area contributed by atoms with Crippen LogP contribution in [-0.2, 0) is 9.53 Å². The lowest BCUT2D eigenvalue weighted by atomic mass is 9.91. The van der Waals surface area contributed by atoms with Crippen molar-refractivity contribution in [2.24, 2.45) is 11.7 Å². The smallest absolute Gasteiger partial charge is 0.320 e. The average Bonchev–Trinajstić information content (AvgIpc) is 2.19. The van der Waals surface area contributed by atoms with Crippen molar-refractivity contribution < 1.29 is 9.53 Å². The molecule has 16 heavy (non-hydrogen) atoms. The van der Waals surface area contributed by atoms with Crippen molar-refractivity contribution in [1.29, 1.82) is 0 Å². The summed E-state index contributed by atoms with van der Waals surface area (Å²) in [4.78, 5) is 13.7. The van der Waals surface area contributed by atoms with Gasteiger partial charge in [-0.15, -0.1) is 0 Å². The molecule has 0 saturated carbocycles. The average molecular weight is 228 g/mol. The maximum Gasteiger partial charge on any atom is 0.320 e. The second-order valence-corrected chi connectivity index (χ2v) is 4.89. The van der Waals surface area contributed by atoms with E-state index in [0.717, 1.165) is 25.9 Å². The van der Waals surface area contributed by atoms with E-state index in [9.17, 15) is 4.79 Å². The number of hydrogen-bond donors (Lipinski definition) is 1. The van der Waals surface area contributed by atoms with Crippen molar-refractivity contribution in [1.82, 2.24) is 4.90 Å². The number of carbonyl (C=O) groups excluding carboxylic acids is 1. The van der Waals surface area contributed by atoms with Gasteiger partial charge >= 0.3 is 5.97 Å². The number of piperidine rings is 1. The third kappa shape index (κ3) is 4.10. The molecule has 1 heterocycles. The molecule has 2 unspecified atom stereocenters. The van der Waals surface area contributed by atoms with E-state index in [-0.39, 0.29) is 12.1 Å². The molecule has 0 radical (unpaired) electrons. The van der Waals surface area contributed by atoms with E-state index in [1.807, 2.05) is 13.8 Å². The summed E-state index contributed by atoms with van der Waals surface area (Å²) in [5, 5.41) is 0. The fraction of sp³-hybridized carbons (Fsp3) is 0.917. The predicted octanol–water partition coefficient (Wildman–Crippen LogP) is 0.997. The van der Waals surface area contributed by atoms with Gasteiger partial charge in [-0.25, -0.2) is 0 Å². The molecule has 1 aliphatic rings. The van der Waals surface area contributed by atoms with Crippen LogP contribution in [0.2, 0.25) is 0 Å². The molecule has 0 bridgehead atoms. The maximum absolute atomic E-state index is 11.5. The standard InChI is InChI=1S/C12H24N2O2/c1-4-10-7-14(6-5-11(10)13)8-12(15)16-9(2)3/h9-11H,4-8,13H2,1-3H3. The van der Waals surface area contributed by atoms with Crippen LogP contribution in [0.15, 0.2) is 0 Å². The molecule has 4 nitrogen and oxygen atoms in total. The first-order chi connectivity index (χ1) is 7.52. The molecular weight excluding hydrogens is 204 g/mol. The van der Waals surface area contributed by atoms with E-state index >= 15 is 0 Å². The number of carbonyl (C=O) groups is 1. The molecule has 1 aliphatic heterocycles. The second-order valence-electron chi connectivity index (χ2n) is 4.89. The fourth-order valence-corrected chi connectivity index (χ4v) is 2.18. The van der Waals surface area contributed by atoms with Crippen LogP contribution >= 0.6 is 0 Å². The molecule has 0 amide bonds. The minimum atomic E-state index is -0.125. The lowest BCUT2D eigenvalue weighted by molar-refractivity contribution is -0.149. The second kappa shape index (κ2) is 6.21. The van der Waals surface area contributed by atoms with Gasteiger partial charge in [-0.3, -0.25) is 9.69 Å². The largest absolute Gasteiger partial charge is 0.462 e. The molecule has 2 atom stereocenters. The maximum atomic E-state index is 11.5. The number of hydrogen-bond acceptors (Lipinski definition) is 4. The number of nitrogens with zero attached hydrogens (tertiary/aromatic N) is 1. The van der Waals surface area contributed by atoms with Gasteiger partial charge in [0, 0.05) is 19.1 Å². The van der Waals surface area contributed by atoms with Gasteiger partial charge in [0.2, 0.25) is 0 Å². The van der Waals surface area contributed by atoms with E-state index in [2.05, 4.69) is 11.8 Å². The summed E-state index contributed by atoms with van der Waals surface area (Å²) in [6.45, 7) is 8.13. The topological polar surface area (TPSA) is 55.6 Å². The first kappa shape index (κ1) is 13.5. The molecule has 94 valence electrons. The van der Waals surface area contributed by atoms with Crippen molar-refractivity contribution >= 4 is 5.97 Å². The van der Waals surface area contributed by atoms with E-state index in [4.69, 9.17) is 10.5 Å². The molecule has 4 heteroatoms. The Morgan fingerprint density at radius 3 is 2.81 bits per heavy atom. The van der Waals surface area contributed by atoms with Crippen molar-refractivity contribution in [3.05, 3.63) is 0 Å². The first-order valence-corrected chi connectivity index (χ1v) is 6.20. The summed E-state index contributed by atoms with van der Waals surface area (Å²) < 4.78 is 5.14. The summed E-state index contributed by atoms with van der Waals surface area (Å²) >= 11 is 0. The van der Waals surface area contributed by atoms with Crippen LogP contribution in [0.3, 0.4) is 0 Å². The molecule has 1 rings (SSSR count). The van der Waals surface area contributed by atoms with E-state index in [1.54, 1.807) is 0 Å². The Labute approximate surface area is 98.1 Å². The molecule has 1 fully saturated rings. The highest BCUT2D eigenvalue weighted by molar-refractivity contribution is 5.71. The summed E-state index contributed by atoms with van der Waals surface area (Å²) in [7, 11) is 0. The molecular formula is C12H24N2O2. The van der Waals surface area contributed by atoms with E-state index in [0.29, 0.717) is 18.5 Å². The molecule has 0 aromatic heterocycles. The fourth-order valence-electron chi connectivity index (χ4n) is 2.18. The van der Waals surface area contributed by atoms with Crippen LogP contribution in [0.4, 0.5) is 0 Å². The van der Waals surface area contributed by atoms with Gasteiger partial charge in [-0.1, -0.05) is 13.3 Å². The number of nitrogens with two attached hydrogens (primary N) is 1. The van der Waals surface area contributed by atoms with E-state index < -0.39 is 0 Å². The van der Waals surface area contributed by atoms with Crippen molar-refractivity contribution in [3.63, 3.8) is 0 Å². The van der Waals surface area contributed by atoms with Gasteiger partial charge < -0.3 is 10.5 Å². The summed E-state index contributed by atoms with van der Waals surface area (Å²) in [5.74, 6) is 0.390. The Hall–Kier alpha value is -0.610. The zero-order chi connectivity index (χ0) is 12.1. The van der Waals surface area contributed by atoms with Gasteiger partial charge in [0.1, 0.15) is 0 Å². The third-order valence-corrected chi connectivity index (χ3v) is 3.12. The van der Waals surface area contributed by atoms with Crippen molar-refractivity contribution in [2.45, 2.75) is 45.8 Å². The SMILES string of the molecule is CCC1CN(CC(=O)OC(C)C)CCC1N. The normalized spacial score (nSPS) is 27.1. The lowest BCUT2D eigenvalue weighted by Gasteiger charge is -2.35. The monoisotopic (exact) mass is 228 g/mol. The highest BCUT2D eigenvalue weighted by Crippen LogP contribution is 2.18. The van der Waals surface area contributed by atoms with Crippen LogP contribution in [0.1, 0.15) is 33.6 Å². The minimum Gasteiger partial charge on any atom is -0.462 e. The Kier molecular flexibility index (Phi) is 5.22. The zero-order valence-corrected chi connectivity index (χ0v) is 10.6. The number of rotatable bonds is 4. The zero-order valence-electron chi connectivity index (χ0n) is 10.6. The van der Waals surface area contributed by atoms with Gasteiger partial charge in [-0.05, 0) is 26.2 Å². The van der Waals surface area contributed by atoms with Crippen LogP contribution in [0.25, 0.3) is 0 Å². The predicted molar refractivity (Wildman–Crippen MR) is 64.0 cm³/mol. The number of esters is 1. The van der Waals surface area contributed by atoms with Crippen LogP contribution in [-0.4, -0.2) is 42.6 Å². The number of likely N-dealkylation sites (tertiary alicyclic amines) is 1. The highest BCUT2D eigenvalue weighted by Gasteiger charge is 2.26. The molecule has 2 N–H and O–H groups in total. The van der Waals surface area contributed by atoms with Gasteiger partial charge in [0.25, 0.3) is 0 Å². The molecule has 0 aromatic carbocycles. The van der Waals surface area contributed by atoms with Crippen LogP contribution in [0.5, 0.6) is 0 Å². The van der Waals surface area contributed by atoms with Crippen molar-refractivity contribution in [2.75, 3.05) is 19.6 Å². The lowest BCUT2D eigenvalue weighted by Crippen LogP contribution is -2.48. The Bertz CT molecular complexity index is 231. The molecule has 0 spiro atoms.